The Bertz CT molecular complexity index is 869. The average molecular weight is 442 g/mol. The van der Waals surface area contributed by atoms with Gasteiger partial charge in [0.1, 0.15) is 13.1 Å². The summed E-state index contributed by atoms with van der Waals surface area (Å²) in [5, 5.41) is 16.8. The number of nitrogens with one attached hydrogen (secondary N) is 3. The molecule has 0 amide bonds. The van der Waals surface area contributed by atoms with Crippen LogP contribution in [-0.2, 0) is 23.9 Å². The molecule has 0 saturated carbocycles. The third-order valence-corrected chi connectivity index (χ3v) is 6.13. The molecular formula is C18H23N3O6S2. The van der Waals surface area contributed by atoms with E-state index in [2.05, 4.69) is 37.5 Å². The van der Waals surface area contributed by atoms with Gasteiger partial charge in [-0.2, -0.15) is 4.33 Å². The van der Waals surface area contributed by atoms with Crippen LogP contribution in [0.4, 0.5) is 0 Å². The highest BCUT2D eigenvalue weighted by molar-refractivity contribution is 7.94. The average Bonchev–Trinajstić information content (AvgIpc) is 3.39. The van der Waals surface area contributed by atoms with Gasteiger partial charge in [-0.25, -0.2) is 13.3 Å². The molecule has 0 spiro atoms. The van der Waals surface area contributed by atoms with Crippen molar-refractivity contribution in [1.82, 2.24) is 10.6 Å². The molecule has 0 unspecified atom stereocenters. The lowest BCUT2D eigenvalue weighted by atomic mass is 10.2. The summed E-state index contributed by atoms with van der Waals surface area (Å²) in [6, 6.07) is 5.54. The highest BCUT2D eigenvalue weighted by atomic mass is 32.2. The summed E-state index contributed by atoms with van der Waals surface area (Å²) < 4.78 is 27.5. The van der Waals surface area contributed by atoms with Crippen molar-refractivity contribution in [3.05, 3.63) is 48.2 Å². The van der Waals surface area contributed by atoms with E-state index in [0.717, 1.165) is 49.5 Å². The number of sulfone groups is 1. The summed E-state index contributed by atoms with van der Waals surface area (Å²) in [6.45, 7) is 7.07. The third kappa shape index (κ3) is 7.20. The van der Waals surface area contributed by atoms with Gasteiger partial charge in [-0.15, -0.1) is 0 Å². The molecule has 158 valence electrons. The van der Waals surface area contributed by atoms with Crippen LogP contribution in [-0.4, -0.2) is 52.7 Å². The van der Waals surface area contributed by atoms with E-state index in [1.54, 1.807) is 0 Å². The Morgan fingerprint density at radius 3 is 2.52 bits per heavy atom. The van der Waals surface area contributed by atoms with Crippen molar-refractivity contribution >= 4 is 33.7 Å². The molecular weight excluding hydrogens is 418 g/mol. The van der Waals surface area contributed by atoms with Crippen molar-refractivity contribution in [2.75, 3.05) is 32.5 Å². The zero-order valence-corrected chi connectivity index (χ0v) is 17.5. The minimum atomic E-state index is -3.84. The molecule has 0 saturated heterocycles. The van der Waals surface area contributed by atoms with Gasteiger partial charge in [0.2, 0.25) is 0 Å². The summed E-state index contributed by atoms with van der Waals surface area (Å²) in [5.74, 6) is -1.59. The minimum absolute atomic E-state index is 0.0801. The number of hydrogen-bond acceptors (Lipinski definition) is 9. The van der Waals surface area contributed by atoms with Crippen molar-refractivity contribution < 1.29 is 32.5 Å². The second-order valence-electron chi connectivity index (χ2n) is 5.96. The Balaban J connectivity index is 0.000000218. The number of carbonyl (C=O) groups excluding carboxylic acids is 1. The predicted octanol–water partition coefficient (Wildman–Crippen LogP) is -1.70. The van der Waals surface area contributed by atoms with Gasteiger partial charge in [0.05, 0.1) is 41.3 Å². The molecule has 2 heterocycles. The van der Waals surface area contributed by atoms with Crippen molar-refractivity contribution in [2.24, 2.45) is 0 Å². The molecule has 1 aromatic carbocycles. The number of benzene rings is 1. The van der Waals surface area contributed by atoms with Crippen molar-refractivity contribution in [3.8, 4) is 0 Å². The number of rotatable bonds is 8. The van der Waals surface area contributed by atoms with Crippen LogP contribution in [0.3, 0.4) is 0 Å². The lowest BCUT2D eigenvalue weighted by Gasteiger charge is -2.05. The number of carbonyl (C=O) groups is 1. The van der Waals surface area contributed by atoms with E-state index in [9.17, 15) is 18.3 Å². The van der Waals surface area contributed by atoms with Gasteiger partial charge in [0.25, 0.3) is 5.84 Å². The van der Waals surface area contributed by atoms with Crippen LogP contribution >= 0.6 is 12.0 Å². The second-order valence-corrected chi connectivity index (χ2v) is 8.72. The first-order chi connectivity index (χ1) is 13.8. The fourth-order valence-electron chi connectivity index (χ4n) is 2.53. The van der Waals surface area contributed by atoms with Crippen LogP contribution in [0.15, 0.2) is 58.0 Å². The van der Waals surface area contributed by atoms with E-state index in [1.807, 2.05) is 0 Å². The van der Waals surface area contributed by atoms with E-state index < -0.39 is 21.6 Å². The molecule has 0 fully saturated rings. The molecule has 0 bridgehead atoms. The molecule has 2 aliphatic rings. The smallest absolute Gasteiger partial charge is 0.276 e. The van der Waals surface area contributed by atoms with Gasteiger partial charge < -0.3 is 15.2 Å². The fraction of sp³-hybridized carbons (Fsp3) is 0.333. The Morgan fingerprint density at radius 2 is 2.00 bits per heavy atom. The quantitative estimate of drug-likeness (QED) is 0.245. The molecule has 3 N–H and O–H groups in total. The normalized spacial score (nSPS) is 15.3. The Morgan fingerprint density at radius 1 is 1.28 bits per heavy atom. The van der Waals surface area contributed by atoms with E-state index in [0.29, 0.717) is 4.90 Å². The summed E-state index contributed by atoms with van der Waals surface area (Å²) in [6.07, 6.45) is 3.30. The summed E-state index contributed by atoms with van der Waals surface area (Å²) in [7, 11) is -2.50. The predicted molar refractivity (Wildman–Crippen MR) is 106 cm³/mol. The SMILES string of the molecule is C=C(C1=CCCN1)C1=[NH+]CCN1.COOSc1ccc(S(=O)(=O)CC(=O)[O-])cc1. The zero-order valence-electron chi connectivity index (χ0n) is 15.9. The van der Waals surface area contributed by atoms with Crippen LogP contribution in [0, 0.1) is 0 Å². The lowest BCUT2D eigenvalue weighted by Crippen LogP contribution is -2.71. The first-order valence-electron chi connectivity index (χ1n) is 8.72. The van der Waals surface area contributed by atoms with Crippen molar-refractivity contribution in [1.29, 1.82) is 0 Å². The number of carboxylic acids is 1. The maximum absolute atomic E-state index is 11.5. The number of amidine groups is 1. The number of aliphatic carboxylic acids is 1. The fourth-order valence-corrected chi connectivity index (χ4v) is 3.95. The van der Waals surface area contributed by atoms with Crippen LogP contribution in [0.25, 0.3) is 0 Å². The van der Waals surface area contributed by atoms with Crippen molar-refractivity contribution in [2.45, 2.75) is 16.2 Å². The molecule has 0 atom stereocenters. The second kappa shape index (κ2) is 11.0. The highest BCUT2D eigenvalue weighted by Gasteiger charge is 2.20. The largest absolute Gasteiger partial charge is 0.549 e. The molecule has 9 nitrogen and oxygen atoms in total. The molecule has 1 aromatic rings. The number of hydrogen-bond donors (Lipinski definition) is 3. The highest BCUT2D eigenvalue weighted by Crippen LogP contribution is 2.21. The minimum Gasteiger partial charge on any atom is -0.549 e. The van der Waals surface area contributed by atoms with Crippen LogP contribution in [0.5, 0.6) is 0 Å². The molecule has 0 aliphatic carbocycles. The van der Waals surface area contributed by atoms with Gasteiger partial charge in [0.15, 0.2) is 9.84 Å². The van der Waals surface area contributed by atoms with Crippen LogP contribution in [0.1, 0.15) is 6.42 Å². The van der Waals surface area contributed by atoms with Gasteiger partial charge in [-0.1, -0.05) is 12.7 Å². The third-order valence-electron chi connectivity index (χ3n) is 3.85. The summed E-state index contributed by atoms with van der Waals surface area (Å²) in [4.78, 5) is 18.4. The van der Waals surface area contributed by atoms with E-state index in [1.165, 1.54) is 37.1 Å². The van der Waals surface area contributed by atoms with Crippen molar-refractivity contribution in [3.63, 3.8) is 0 Å². The van der Waals surface area contributed by atoms with Crippen LogP contribution < -0.4 is 20.7 Å². The molecule has 2 aliphatic heterocycles. The van der Waals surface area contributed by atoms with E-state index in [-0.39, 0.29) is 4.90 Å². The Hall–Kier alpha value is -2.34. The maximum Gasteiger partial charge on any atom is 0.276 e. The van der Waals surface area contributed by atoms with Gasteiger partial charge in [-0.05, 0) is 30.7 Å². The molecule has 29 heavy (non-hydrogen) atoms. The lowest BCUT2D eigenvalue weighted by molar-refractivity contribution is -0.444. The molecule has 0 radical (unpaired) electrons. The maximum atomic E-state index is 11.5. The first kappa shape index (κ1) is 22.9. The zero-order chi connectivity index (χ0) is 21.3. The first-order valence-corrected chi connectivity index (χ1v) is 11.1. The Labute approximate surface area is 173 Å². The standard InChI is InChI=1S/C9H13N3.C9H10O6S2/c1-7(8-3-2-4-10-8)9-11-5-6-12-9;1-14-15-16-7-2-4-8(5-3-7)17(12,13)6-9(10)11/h3,10H,1-2,4-6H2,(H,11,12);2-5H,6H2,1H3,(H,10,11). The Kier molecular flexibility index (Phi) is 8.70. The topological polar surface area (TPSA) is 131 Å². The van der Waals surface area contributed by atoms with Crippen LogP contribution in [0.2, 0.25) is 0 Å². The molecule has 0 aromatic heterocycles. The van der Waals surface area contributed by atoms with E-state index in [4.69, 9.17) is 0 Å². The van der Waals surface area contributed by atoms with E-state index >= 15 is 0 Å². The number of carboxylic acid groups (broad SMARTS) is 1. The van der Waals surface area contributed by atoms with Gasteiger partial charge >= 0.3 is 0 Å². The monoisotopic (exact) mass is 441 g/mol. The van der Waals surface area contributed by atoms with Gasteiger partial charge in [-0.3, -0.25) is 10.3 Å². The summed E-state index contributed by atoms with van der Waals surface area (Å²) >= 11 is 0.908. The molecule has 11 heteroatoms. The van der Waals surface area contributed by atoms with Gasteiger partial charge in [0, 0.05) is 17.1 Å². The molecule has 3 rings (SSSR count). The summed E-state index contributed by atoms with van der Waals surface area (Å²) in [5.41, 5.74) is 2.23.